The average molecular weight is 566 g/mol. The van der Waals surface area contributed by atoms with Crippen molar-refractivity contribution in [3.63, 3.8) is 0 Å². The zero-order valence-corrected chi connectivity index (χ0v) is 21.7. The van der Waals surface area contributed by atoms with Gasteiger partial charge in [0, 0.05) is 18.5 Å². The summed E-state index contributed by atoms with van der Waals surface area (Å²) in [6, 6.07) is -3.52. The Balaban J connectivity index is 1.42. The van der Waals surface area contributed by atoms with Gasteiger partial charge in [-0.1, -0.05) is 0 Å². The van der Waals surface area contributed by atoms with Crippen LogP contribution in [-0.4, -0.2) is 143 Å². The van der Waals surface area contributed by atoms with Crippen molar-refractivity contribution in [2.75, 3.05) is 13.7 Å². The molecule has 0 aromatic rings. The molecular weight excluding hydrogens is 522 g/mol. The number of ether oxygens (including phenoxy) is 5. The van der Waals surface area contributed by atoms with Gasteiger partial charge in [0.25, 0.3) is 0 Å². The Hall–Kier alpha value is -1.29. The SMILES string of the molecule is CNC1C(O[C@H]2OC(CO)[C@@H](N=C(N)N)[C@H](O)C2O)O[C@H]2CC(N)[C@@H](O[C@H]3CC(O)[C@H](N)CC3N)OC2C1O. The predicted octanol–water partition coefficient (Wildman–Crippen LogP) is -6.61. The van der Waals surface area contributed by atoms with Gasteiger partial charge in [0.2, 0.25) is 0 Å². The highest BCUT2D eigenvalue weighted by Gasteiger charge is 2.54. The molecule has 226 valence electrons. The van der Waals surface area contributed by atoms with Crippen LogP contribution in [0.3, 0.4) is 0 Å². The number of likely N-dealkylation sites (N-methyl/N-ethyl adjacent to an activating group) is 1. The zero-order chi connectivity index (χ0) is 28.6. The highest BCUT2D eigenvalue weighted by Crippen LogP contribution is 2.35. The number of nitrogens with zero attached hydrogens (tertiary/aromatic N) is 1. The maximum absolute atomic E-state index is 11.2. The van der Waals surface area contributed by atoms with Gasteiger partial charge in [-0.3, -0.25) is 0 Å². The number of aliphatic imine (C=N–C) groups is 1. The van der Waals surface area contributed by atoms with E-state index in [9.17, 15) is 25.5 Å². The fraction of sp³-hybridized carbons (Fsp3) is 0.955. The molecule has 3 saturated heterocycles. The Morgan fingerprint density at radius 1 is 0.846 bits per heavy atom. The molecule has 16 N–H and O–H groups in total. The van der Waals surface area contributed by atoms with Gasteiger partial charge in [0.1, 0.15) is 36.6 Å². The lowest BCUT2D eigenvalue weighted by atomic mass is 9.87. The molecule has 9 unspecified atom stereocenters. The fourth-order valence-corrected chi connectivity index (χ4v) is 5.65. The van der Waals surface area contributed by atoms with Crippen molar-refractivity contribution in [2.24, 2.45) is 33.7 Å². The molecule has 17 heteroatoms. The van der Waals surface area contributed by atoms with Gasteiger partial charge >= 0.3 is 0 Å². The maximum Gasteiger partial charge on any atom is 0.189 e. The van der Waals surface area contributed by atoms with Crippen LogP contribution in [-0.2, 0) is 23.7 Å². The van der Waals surface area contributed by atoms with Gasteiger partial charge in [0.05, 0.1) is 37.0 Å². The fourth-order valence-electron chi connectivity index (χ4n) is 5.65. The summed E-state index contributed by atoms with van der Waals surface area (Å²) in [5, 5.41) is 55.2. The predicted molar refractivity (Wildman–Crippen MR) is 133 cm³/mol. The normalized spacial score (nSPS) is 50.7. The number of nitrogens with one attached hydrogen (secondary N) is 1. The van der Waals surface area contributed by atoms with E-state index in [0.717, 1.165) is 0 Å². The molecule has 0 amide bonds. The topological polar surface area (TPSA) is 302 Å². The van der Waals surface area contributed by atoms with Crippen molar-refractivity contribution in [3.05, 3.63) is 0 Å². The van der Waals surface area contributed by atoms with Crippen molar-refractivity contribution in [1.82, 2.24) is 5.32 Å². The second kappa shape index (κ2) is 12.7. The number of rotatable bonds is 7. The molecule has 3 aliphatic heterocycles. The summed E-state index contributed by atoms with van der Waals surface area (Å²) >= 11 is 0. The molecule has 0 spiro atoms. The van der Waals surface area contributed by atoms with E-state index in [1.165, 1.54) is 0 Å². The van der Waals surface area contributed by atoms with Crippen LogP contribution in [0.5, 0.6) is 0 Å². The summed E-state index contributed by atoms with van der Waals surface area (Å²) in [6.45, 7) is -0.572. The maximum atomic E-state index is 11.2. The van der Waals surface area contributed by atoms with E-state index in [1.54, 1.807) is 7.05 Å². The number of fused-ring (bicyclic) bond motifs is 1. The molecule has 0 bridgehead atoms. The second-order valence-electron chi connectivity index (χ2n) is 10.6. The van der Waals surface area contributed by atoms with E-state index in [2.05, 4.69) is 10.3 Å². The summed E-state index contributed by atoms with van der Waals surface area (Å²) in [6.07, 6.45) is -11.0. The third-order valence-corrected chi connectivity index (χ3v) is 7.87. The van der Waals surface area contributed by atoms with Crippen LogP contribution in [0.2, 0.25) is 0 Å². The summed E-state index contributed by atoms with van der Waals surface area (Å²) in [5.41, 5.74) is 29.2. The summed E-state index contributed by atoms with van der Waals surface area (Å²) in [4.78, 5) is 3.84. The number of guanidine groups is 1. The second-order valence-corrected chi connectivity index (χ2v) is 10.6. The Morgan fingerprint density at radius 3 is 2.21 bits per heavy atom. The number of hydrogen-bond donors (Lipinski definition) is 11. The molecule has 1 aliphatic carbocycles. The molecule has 4 aliphatic rings. The first-order chi connectivity index (χ1) is 18.4. The van der Waals surface area contributed by atoms with Crippen molar-refractivity contribution in [3.8, 4) is 0 Å². The number of aliphatic hydroxyl groups is 5. The van der Waals surface area contributed by atoms with Crippen molar-refractivity contribution in [1.29, 1.82) is 0 Å². The van der Waals surface area contributed by atoms with E-state index < -0.39 is 105 Å². The van der Waals surface area contributed by atoms with E-state index in [-0.39, 0.29) is 18.8 Å². The van der Waals surface area contributed by atoms with E-state index in [1.807, 2.05) is 0 Å². The molecule has 39 heavy (non-hydrogen) atoms. The van der Waals surface area contributed by atoms with Crippen LogP contribution in [0.25, 0.3) is 0 Å². The van der Waals surface area contributed by atoms with Crippen LogP contribution in [0, 0.1) is 0 Å². The highest BCUT2D eigenvalue weighted by atomic mass is 16.8. The summed E-state index contributed by atoms with van der Waals surface area (Å²) in [5.74, 6) is -0.353. The third-order valence-electron chi connectivity index (χ3n) is 7.87. The molecule has 0 aromatic carbocycles. The standard InChI is InChI=1S/C22H43N7O10/c1-28-14-16(33)18-11(3-8(25)19(38-18)35-10-4-9(31)6(23)2-7(10)24)36-20(14)39-21-17(34)15(32)13(29-22(26)27)12(5-30)37-21/h6-21,28,30-34H,2-5,23-25H2,1H3,(H4,26,27,29)/t6-,7?,8?,9?,10+,11+,12?,13-,14?,15+,16?,17?,18?,19+,20?,21-/m1/s1. The molecular formula is C22H43N7O10. The number of hydrogen-bond acceptors (Lipinski definition) is 15. The first-order valence-corrected chi connectivity index (χ1v) is 13.1. The zero-order valence-electron chi connectivity index (χ0n) is 21.7. The molecule has 3 heterocycles. The highest BCUT2D eigenvalue weighted by molar-refractivity contribution is 5.76. The lowest BCUT2D eigenvalue weighted by Gasteiger charge is -2.51. The Bertz CT molecular complexity index is 839. The lowest BCUT2D eigenvalue weighted by Crippen LogP contribution is -2.69. The van der Waals surface area contributed by atoms with Gasteiger partial charge in [-0.25, -0.2) is 4.99 Å². The third kappa shape index (κ3) is 6.47. The quantitative estimate of drug-likeness (QED) is 0.101. The van der Waals surface area contributed by atoms with Crippen LogP contribution in [0.1, 0.15) is 19.3 Å². The minimum atomic E-state index is -1.61. The van der Waals surface area contributed by atoms with Crippen LogP contribution >= 0.6 is 0 Å². The molecule has 1 saturated carbocycles. The Labute approximate surface area is 225 Å². The van der Waals surface area contributed by atoms with Gasteiger partial charge < -0.3 is 83.2 Å². The Morgan fingerprint density at radius 2 is 1.56 bits per heavy atom. The van der Waals surface area contributed by atoms with Crippen molar-refractivity contribution < 1.29 is 49.2 Å². The summed E-state index contributed by atoms with van der Waals surface area (Å²) in [7, 11) is 1.57. The summed E-state index contributed by atoms with van der Waals surface area (Å²) < 4.78 is 29.7. The van der Waals surface area contributed by atoms with E-state index in [0.29, 0.717) is 6.42 Å². The molecule has 17 nitrogen and oxygen atoms in total. The number of aliphatic hydroxyl groups excluding tert-OH is 5. The monoisotopic (exact) mass is 565 g/mol. The van der Waals surface area contributed by atoms with E-state index >= 15 is 0 Å². The van der Waals surface area contributed by atoms with Crippen molar-refractivity contribution >= 4 is 5.96 Å². The van der Waals surface area contributed by atoms with Crippen molar-refractivity contribution in [2.45, 2.75) is 117 Å². The molecule has 0 aromatic heterocycles. The van der Waals surface area contributed by atoms with Gasteiger partial charge in [-0.2, -0.15) is 0 Å². The smallest absolute Gasteiger partial charge is 0.189 e. The largest absolute Gasteiger partial charge is 0.394 e. The van der Waals surface area contributed by atoms with Gasteiger partial charge in [-0.05, 0) is 19.9 Å². The van der Waals surface area contributed by atoms with Crippen LogP contribution < -0.4 is 34.0 Å². The molecule has 16 atom stereocenters. The van der Waals surface area contributed by atoms with Gasteiger partial charge in [-0.15, -0.1) is 0 Å². The number of nitrogens with two attached hydrogens (primary N) is 5. The minimum absolute atomic E-state index is 0.218. The molecule has 0 radical (unpaired) electrons. The minimum Gasteiger partial charge on any atom is -0.394 e. The average Bonchev–Trinajstić information content (AvgIpc) is 2.87. The molecule has 4 rings (SSSR count). The first-order valence-electron chi connectivity index (χ1n) is 13.1. The van der Waals surface area contributed by atoms with Crippen LogP contribution in [0.15, 0.2) is 4.99 Å². The van der Waals surface area contributed by atoms with Crippen LogP contribution in [0.4, 0.5) is 0 Å². The molecule has 4 fully saturated rings. The Kier molecular flexibility index (Phi) is 9.99. The van der Waals surface area contributed by atoms with Gasteiger partial charge in [0.15, 0.2) is 24.8 Å². The first kappa shape index (κ1) is 30.7. The van der Waals surface area contributed by atoms with E-state index in [4.69, 9.17) is 52.4 Å². The lowest BCUT2D eigenvalue weighted by molar-refractivity contribution is -0.371.